The molecule has 3 heterocycles. The number of hydrogen-bond acceptors (Lipinski definition) is 4. The van der Waals surface area contributed by atoms with Gasteiger partial charge in [0.2, 0.25) is 0 Å². The Hall–Kier alpha value is -4.62. The molecule has 1 fully saturated rings. The second-order valence-electron chi connectivity index (χ2n) is 9.36. The van der Waals surface area contributed by atoms with Gasteiger partial charge in [-0.1, -0.05) is 30.3 Å². The molecule has 3 aromatic carbocycles. The lowest BCUT2D eigenvalue weighted by molar-refractivity contribution is 0.414. The van der Waals surface area contributed by atoms with Crippen LogP contribution in [0.1, 0.15) is 29.0 Å². The molecule has 7 heteroatoms. The van der Waals surface area contributed by atoms with Crippen molar-refractivity contribution in [2.45, 2.75) is 19.0 Å². The van der Waals surface area contributed by atoms with Gasteiger partial charge >= 0.3 is 0 Å². The summed E-state index contributed by atoms with van der Waals surface area (Å²) in [6, 6.07) is 34.0. The van der Waals surface area contributed by atoms with Crippen molar-refractivity contribution in [2.24, 2.45) is 0 Å². The van der Waals surface area contributed by atoms with E-state index in [4.69, 9.17) is 21.7 Å². The summed E-state index contributed by atoms with van der Waals surface area (Å²) in [5, 5.41) is 4.19. The van der Waals surface area contributed by atoms with Crippen LogP contribution in [0.25, 0.3) is 5.69 Å². The molecule has 0 radical (unpaired) electrons. The monoisotopic (exact) mass is 532 g/mol. The quantitative estimate of drug-likeness (QED) is 0.225. The van der Waals surface area contributed by atoms with Crippen LogP contribution in [0, 0.1) is 6.92 Å². The average molecular weight is 533 g/mol. The summed E-state index contributed by atoms with van der Waals surface area (Å²) >= 11 is 5.93. The van der Waals surface area contributed by atoms with E-state index in [0.29, 0.717) is 5.11 Å². The Morgan fingerprint density at radius 2 is 1.64 bits per heavy atom. The molecule has 6 rings (SSSR count). The number of thiocarbonyl (C=S) groups is 1. The van der Waals surface area contributed by atoms with Crippen molar-refractivity contribution in [3.63, 3.8) is 0 Å². The molecule has 0 spiro atoms. The van der Waals surface area contributed by atoms with E-state index in [-0.39, 0.29) is 12.1 Å². The number of ether oxygens (including phenoxy) is 2. The molecule has 0 amide bonds. The van der Waals surface area contributed by atoms with Crippen molar-refractivity contribution in [3.8, 4) is 22.9 Å². The minimum atomic E-state index is -0.156. The minimum absolute atomic E-state index is 0.152. The number of hydrogen-bond donors (Lipinski definition) is 1. The van der Waals surface area contributed by atoms with Gasteiger partial charge in [-0.05, 0) is 91.4 Å². The third kappa shape index (κ3) is 4.84. The number of rotatable bonds is 7. The number of nitrogens with zero attached hydrogens (tertiary/aromatic N) is 3. The van der Waals surface area contributed by atoms with E-state index in [1.54, 1.807) is 7.11 Å². The van der Waals surface area contributed by atoms with Gasteiger partial charge in [0.25, 0.3) is 0 Å². The molecule has 194 valence electrons. The van der Waals surface area contributed by atoms with Crippen LogP contribution in [0.5, 0.6) is 17.2 Å². The lowest BCUT2D eigenvalue weighted by Gasteiger charge is -2.29. The normalized spacial score (nSPS) is 16.7. The molecule has 0 saturated carbocycles. The van der Waals surface area contributed by atoms with Crippen LogP contribution in [-0.4, -0.2) is 21.8 Å². The summed E-state index contributed by atoms with van der Waals surface area (Å²) in [5.74, 6) is 2.41. The van der Waals surface area contributed by atoms with E-state index in [0.717, 1.165) is 45.6 Å². The molecule has 0 aliphatic carbocycles. The number of para-hydroxylation sites is 1. The van der Waals surface area contributed by atoms with Crippen molar-refractivity contribution >= 4 is 23.0 Å². The number of methoxy groups -OCH3 is 1. The predicted octanol–water partition coefficient (Wildman–Crippen LogP) is 7.16. The van der Waals surface area contributed by atoms with Crippen LogP contribution in [0.4, 0.5) is 5.69 Å². The second-order valence-corrected chi connectivity index (χ2v) is 9.75. The predicted molar refractivity (Wildman–Crippen MR) is 158 cm³/mol. The zero-order valence-electron chi connectivity index (χ0n) is 21.7. The summed E-state index contributed by atoms with van der Waals surface area (Å²) in [4.78, 5) is 6.85. The molecule has 2 atom stereocenters. The lowest BCUT2D eigenvalue weighted by atomic mass is 10.0. The van der Waals surface area contributed by atoms with Gasteiger partial charge in [0.15, 0.2) is 5.11 Å². The Kier molecular flexibility index (Phi) is 6.73. The van der Waals surface area contributed by atoms with Gasteiger partial charge in [-0.2, -0.15) is 0 Å². The summed E-state index contributed by atoms with van der Waals surface area (Å²) < 4.78 is 13.8. The molecule has 6 nitrogen and oxygen atoms in total. The van der Waals surface area contributed by atoms with Gasteiger partial charge in [-0.3, -0.25) is 4.98 Å². The zero-order chi connectivity index (χ0) is 26.8. The first kappa shape index (κ1) is 24.7. The summed E-state index contributed by atoms with van der Waals surface area (Å²) in [6.45, 7) is 2.04. The molecular formula is C32H28N4O2S. The van der Waals surface area contributed by atoms with Crippen LogP contribution < -0.4 is 19.7 Å². The SMILES string of the molecule is COc1cccc(-n2cccc2[C@@H]2[C@@H](c3ccccn3)NC(=S)N2c2ccc(Oc3ccccc3C)cc2)c1. The molecule has 1 saturated heterocycles. The topological polar surface area (TPSA) is 51.5 Å². The number of aryl methyl sites for hydroxylation is 1. The fourth-order valence-corrected chi connectivity index (χ4v) is 5.38. The summed E-state index contributed by atoms with van der Waals surface area (Å²) in [6.07, 6.45) is 3.89. The van der Waals surface area contributed by atoms with Gasteiger partial charge in [0, 0.05) is 35.5 Å². The summed E-state index contributed by atoms with van der Waals surface area (Å²) in [5.41, 5.74) is 5.06. The van der Waals surface area contributed by atoms with Gasteiger partial charge in [0.05, 0.1) is 18.8 Å². The molecule has 1 N–H and O–H groups in total. The molecule has 0 bridgehead atoms. The van der Waals surface area contributed by atoms with Gasteiger partial charge in [-0.15, -0.1) is 0 Å². The Balaban J connectivity index is 1.40. The number of aromatic nitrogens is 2. The first-order chi connectivity index (χ1) is 19.1. The number of nitrogens with one attached hydrogen (secondary N) is 1. The van der Waals surface area contributed by atoms with Gasteiger partial charge in [0.1, 0.15) is 23.3 Å². The summed E-state index contributed by atoms with van der Waals surface area (Å²) in [7, 11) is 1.68. The first-order valence-corrected chi connectivity index (χ1v) is 13.2. The highest BCUT2D eigenvalue weighted by Gasteiger charge is 2.42. The van der Waals surface area contributed by atoms with Crippen LogP contribution >= 0.6 is 12.2 Å². The Bertz CT molecular complexity index is 1600. The molecular weight excluding hydrogens is 504 g/mol. The third-order valence-electron chi connectivity index (χ3n) is 6.95. The van der Waals surface area contributed by atoms with Gasteiger partial charge < -0.3 is 24.3 Å². The average Bonchev–Trinajstić information content (AvgIpc) is 3.59. The minimum Gasteiger partial charge on any atom is -0.497 e. The van der Waals surface area contributed by atoms with Crippen molar-refractivity contribution in [1.82, 2.24) is 14.9 Å². The number of benzene rings is 3. The molecule has 39 heavy (non-hydrogen) atoms. The van der Waals surface area contributed by atoms with Crippen molar-refractivity contribution < 1.29 is 9.47 Å². The largest absolute Gasteiger partial charge is 0.497 e. The number of pyridine rings is 1. The smallest absolute Gasteiger partial charge is 0.174 e. The molecule has 1 aliphatic rings. The number of anilines is 1. The zero-order valence-corrected chi connectivity index (χ0v) is 22.5. The Morgan fingerprint density at radius 1 is 0.821 bits per heavy atom. The van der Waals surface area contributed by atoms with Crippen molar-refractivity contribution in [2.75, 3.05) is 12.0 Å². The highest BCUT2D eigenvalue weighted by atomic mass is 32.1. The van der Waals surface area contributed by atoms with E-state index in [1.165, 1.54) is 0 Å². The molecule has 2 aromatic heterocycles. The van der Waals surface area contributed by atoms with E-state index < -0.39 is 0 Å². The molecule has 0 unspecified atom stereocenters. The van der Waals surface area contributed by atoms with E-state index >= 15 is 0 Å². The Labute approximate surface area is 233 Å². The first-order valence-electron chi connectivity index (χ1n) is 12.8. The Morgan fingerprint density at radius 3 is 2.41 bits per heavy atom. The van der Waals surface area contributed by atoms with Crippen LogP contribution in [0.15, 0.2) is 116 Å². The highest BCUT2D eigenvalue weighted by molar-refractivity contribution is 7.80. The van der Waals surface area contributed by atoms with E-state index in [1.807, 2.05) is 98.0 Å². The molecule has 5 aromatic rings. The van der Waals surface area contributed by atoms with E-state index in [9.17, 15) is 0 Å². The van der Waals surface area contributed by atoms with Crippen molar-refractivity contribution in [1.29, 1.82) is 0 Å². The van der Waals surface area contributed by atoms with E-state index in [2.05, 4.69) is 44.2 Å². The fourth-order valence-electron chi connectivity index (χ4n) is 5.04. The molecule has 1 aliphatic heterocycles. The third-order valence-corrected chi connectivity index (χ3v) is 7.26. The van der Waals surface area contributed by atoms with Crippen LogP contribution in [-0.2, 0) is 0 Å². The van der Waals surface area contributed by atoms with Crippen LogP contribution in [0.3, 0.4) is 0 Å². The maximum Gasteiger partial charge on any atom is 0.174 e. The van der Waals surface area contributed by atoms with Gasteiger partial charge in [-0.25, -0.2) is 0 Å². The standard InChI is InChI=1S/C32H28N4O2S/c1-22-9-3-4-14-29(22)38-25-17-15-23(16-18-25)36-31(30(34-32(36)39)27-12-5-6-19-33-27)28-13-8-20-35(28)24-10-7-11-26(21-24)37-2/h3-21,30-31H,1-2H3,(H,34,39)/t30-,31-/m1/s1. The lowest BCUT2D eigenvalue weighted by Crippen LogP contribution is -2.30. The maximum absolute atomic E-state index is 6.15. The van der Waals surface area contributed by atoms with Crippen molar-refractivity contribution in [3.05, 3.63) is 132 Å². The van der Waals surface area contributed by atoms with Crippen LogP contribution in [0.2, 0.25) is 0 Å². The second kappa shape index (κ2) is 10.6. The maximum atomic E-state index is 6.15. The fraction of sp³-hybridized carbons (Fsp3) is 0.125. The highest BCUT2D eigenvalue weighted by Crippen LogP contribution is 2.43.